The van der Waals surface area contributed by atoms with Crippen molar-refractivity contribution in [1.82, 2.24) is 10.3 Å². The van der Waals surface area contributed by atoms with E-state index in [0.29, 0.717) is 6.04 Å². The predicted molar refractivity (Wildman–Crippen MR) is 79.5 cm³/mol. The molecule has 2 aromatic rings. The van der Waals surface area contributed by atoms with Gasteiger partial charge in [0.05, 0.1) is 16.4 Å². The molecular weight excluding hydrogens is 277 g/mol. The number of pyridine rings is 1. The lowest BCUT2D eigenvalue weighted by Gasteiger charge is -2.16. The van der Waals surface area contributed by atoms with Crippen molar-refractivity contribution < 1.29 is 4.39 Å². The van der Waals surface area contributed by atoms with Crippen LogP contribution in [-0.4, -0.2) is 24.1 Å². The van der Waals surface area contributed by atoms with E-state index in [2.05, 4.69) is 15.6 Å². The number of nitrogens with one attached hydrogen (secondary N) is 2. The lowest BCUT2D eigenvalue weighted by molar-refractivity contribution is 0.628. The van der Waals surface area contributed by atoms with Crippen LogP contribution in [0, 0.1) is 5.82 Å². The zero-order valence-corrected chi connectivity index (χ0v) is 11.6. The fraction of sp³-hybridized carbons (Fsp3) is 0.267. The number of nitrogens with zero attached hydrogens (tertiary/aromatic N) is 1. The Morgan fingerprint density at radius 1 is 1.35 bits per heavy atom. The fourth-order valence-corrected chi connectivity index (χ4v) is 2.57. The van der Waals surface area contributed by atoms with Crippen molar-refractivity contribution >= 4 is 17.3 Å². The van der Waals surface area contributed by atoms with Crippen molar-refractivity contribution in [3.05, 3.63) is 47.4 Å². The maximum absolute atomic E-state index is 13.3. The van der Waals surface area contributed by atoms with Crippen molar-refractivity contribution in [3.63, 3.8) is 0 Å². The van der Waals surface area contributed by atoms with Crippen LogP contribution in [0.25, 0.3) is 11.3 Å². The van der Waals surface area contributed by atoms with Gasteiger partial charge in [-0.3, -0.25) is 4.98 Å². The highest BCUT2D eigenvalue weighted by atomic mass is 35.5. The zero-order valence-electron chi connectivity index (χ0n) is 10.9. The minimum Gasteiger partial charge on any atom is -0.379 e. The van der Waals surface area contributed by atoms with Crippen LogP contribution in [0.1, 0.15) is 6.42 Å². The molecular formula is C15H15ClFN3. The first-order chi connectivity index (χ1) is 9.74. The Hall–Kier alpha value is -1.65. The molecule has 1 aromatic carbocycles. The van der Waals surface area contributed by atoms with E-state index in [4.69, 9.17) is 11.6 Å². The highest BCUT2D eigenvalue weighted by Crippen LogP contribution is 2.29. The Bertz CT molecular complexity index is 612. The first kappa shape index (κ1) is 13.3. The van der Waals surface area contributed by atoms with E-state index in [1.165, 1.54) is 6.07 Å². The molecule has 1 atom stereocenters. The van der Waals surface area contributed by atoms with Gasteiger partial charge in [-0.1, -0.05) is 11.6 Å². The van der Waals surface area contributed by atoms with E-state index in [9.17, 15) is 4.39 Å². The van der Waals surface area contributed by atoms with E-state index in [1.54, 1.807) is 18.3 Å². The summed E-state index contributed by atoms with van der Waals surface area (Å²) in [5.74, 6) is -0.416. The number of halogens is 2. The van der Waals surface area contributed by atoms with Crippen LogP contribution in [0.2, 0.25) is 5.02 Å². The lowest BCUT2D eigenvalue weighted by atomic mass is 10.1. The van der Waals surface area contributed by atoms with Gasteiger partial charge in [0, 0.05) is 24.3 Å². The summed E-state index contributed by atoms with van der Waals surface area (Å²) in [7, 11) is 0. The van der Waals surface area contributed by atoms with Gasteiger partial charge in [-0.15, -0.1) is 0 Å². The third-order valence-corrected chi connectivity index (χ3v) is 3.71. The predicted octanol–water partition coefficient (Wildman–Crippen LogP) is 3.31. The maximum atomic E-state index is 13.3. The molecule has 20 heavy (non-hydrogen) atoms. The van der Waals surface area contributed by atoms with Crippen LogP contribution in [0.3, 0.4) is 0 Å². The lowest BCUT2D eigenvalue weighted by Crippen LogP contribution is -2.22. The average molecular weight is 292 g/mol. The van der Waals surface area contributed by atoms with Gasteiger partial charge in [0.1, 0.15) is 5.82 Å². The first-order valence-electron chi connectivity index (χ1n) is 6.62. The highest BCUT2D eigenvalue weighted by molar-refractivity contribution is 6.31. The minimum absolute atomic E-state index is 0.113. The third kappa shape index (κ3) is 2.76. The minimum atomic E-state index is -0.416. The van der Waals surface area contributed by atoms with Gasteiger partial charge in [-0.05, 0) is 43.3 Å². The number of anilines is 1. The van der Waals surface area contributed by atoms with Gasteiger partial charge in [-0.2, -0.15) is 0 Å². The average Bonchev–Trinajstić information content (AvgIpc) is 2.96. The Kier molecular flexibility index (Phi) is 3.85. The molecule has 0 aliphatic carbocycles. The van der Waals surface area contributed by atoms with Crippen LogP contribution >= 0.6 is 11.6 Å². The van der Waals surface area contributed by atoms with Crippen LogP contribution in [0.15, 0.2) is 36.5 Å². The van der Waals surface area contributed by atoms with Gasteiger partial charge in [0.2, 0.25) is 0 Å². The molecule has 0 radical (unpaired) electrons. The summed E-state index contributed by atoms with van der Waals surface area (Å²) in [6.07, 6.45) is 2.81. The zero-order chi connectivity index (χ0) is 13.9. The molecule has 2 N–H and O–H groups in total. The maximum Gasteiger partial charge on any atom is 0.141 e. The normalized spacial score (nSPS) is 18.2. The third-order valence-electron chi connectivity index (χ3n) is 3.42. The van der Waals surface area contributed by atoms with Crippen LogP contribution in [0.4, 0.5) is 10.1 Å². The number of hydrogen-bond donors (Lipinski definition) is 2. The van der Waals surface area contributed by atoms with Crippen molar-refractivity contribution in [2.45, 2.75) is 12.5 Å². The summed E-state index contributed by atoms with van der Waals surface area (Å²) in [6.45, 7) is 1.97. The largest absolute Gasteiger partial charge is 0.379 e. The van der Waals surface area contributed by atoms with Gasteiger partial charge in [-0.25, -0.2) is 4.39 Å². The van der Waals surface area contributed by atoms with Gasteiger partial charge < -0.3 is 10.6 Å². The fourth-order valence-electron chi connectivity index (χ4n) is 2.39. The standard InChI is InChI=1S/C15H15ClFN3/c16-12-8-10(3-4-13(12)17)15-14(2-1-6-19-15)20-11-5-7-18-9-11/h1-4,6,8,11,18,20H,5,7,9H2. The first-order valence-corrected chi connectivity index (χ1v) is 6.99. The number of hydrogen-bond acceptors (Lipinski definition) is 3. The van der Waals surface area contributed by atoms with E-state index < -0.39 is 5.82 Å². The van der Waals surface area contributed by atoms with Gasteiger partial charge in [0.15, 0.2) is 0 Å². The summed E-state index contributed by atoms with van der Waals surface area (Å²) >= 11 is 5.85. The molecule has 3 rings (SSSR count). The molecule has 1 aliphatic rings. The summed E-state index contributed by atoms with van der Waals surface area (Å²) < 4.78 is 13.3. The number of aromatic nitrogens is 1. The summed E-state index contributed by atoms with van der Waals surface area (Å²) in [5, 5.41) is 6.91. The van der Waals surface area contributed by atoms with E-state index in [0.717, 1.165) is 36.5 Å². The molecule has 1 aromatic heterocycles. The number of benzene rings is 1. The van der Waals surface area contributed by atoms with Crippen molar-refractivity contribution in [2.24, 2.45) is 0 Å². The molecule has 0 amide bonds. The topological polar surface area (TPSA) is 37.0 Å². The summed E-state index contributed by atoms with van der Waals surface area (Å²) in [4.78, 5) is 4.40. The molecule has 2 heterocycles. The second-order valence-corrected chi connectivity index (χ2v) is 5.27. The van der Waals surface area contributed by atoms with E-state index >= 15 is 0 Å². The molecule has 1 aliphatic heterocycles. The Labute approximate surface area is 122 Å². The second-order valence-electron chi connectivity index (χ2n) is 4.86. The Balaban J connectivity index is 1.93. The SMILES string of the molecule is Fc1ccc(-c2ncccc2NC2CCNC2)cc1Cl. The van der Waals surface area contributed by atoms with Crippen LogP contribution in [0.5, 0.6) is 0 Å². The second kappa shape index (κ2) is 5.77. The van der Waals surface area contributed by atoms with E-state index in [1.807, 2.05) is 12.1 Å². The van der Waals surface area contributed by atoms with Crippen LogP contribution in [-0.2, 0) is 0 Å². The summed E-state index contributed by atoms with van der Waals surface area (Å²) in [5.41, 5.74) is 2.55. The quantitative estimate of drug-likeness (QED) is 0.911. The van der Waals surface area contributed by atoms with Crippen molar-refractivity contribution in [3.8, 4) is 11.3 Å². The van der Waals surface area contributed by atoms with Crippen molar-refractivity contribution in [2.75, 3.05) is 18.4 Å². The van der Waals surface area contributed by atoms with Crippen molar-refractivity contribution in [1.29, 1.82) is 0 Å². The molecule has 5 heteroatoms. The molecule has 0 saturated carbocycles. The summed E-state index contributed by atoms with van der Waals surface area (Å²) in [6, 6.07) is 8.94. The van der Waals surface area contributed by atoms with Gasteiger partial charge >= 0.3 is 0 Å². The highest BCUT2D eigenvalue weighted by Gasteiger charge is 2.16. The Morgan fingerprint density at radius 3 is 3.00 bits per heavy atom. The molecule has 1 saturated heterocycles. The Morgan fingerprint density at radius 2 is 2.25 bits per heavy atom. The number of rotatable bonds is 3. The molecule has 1 unspecified atom stereocenters. The molecule has 0 spiro atoms. The molecule has 0 bridgehead atoms. The molecule has 3 nitrogen and oxygen atoms in total. The molecule has 104 valence electrons. The monoisotopic (exact) mass is 291 g/mol. The smallest absolute Gasteiger partial charge is 0.141 e. The van der Waals surface area contributed by atoms with E-state index in [-0.39, 0.29) is 5.02 Å². The van der Waals surface area contributed by atoms with Crippen LogP contribution < -0.4 is 10.6 Å². The molecule has 1 fully saturated rings. The van der Waals surface area contributed by atoms with Gasteiger partial charge in [0.25, 0.3) is 0 Å².